The molecule has 3 nitrogen and oxygen atoms in total. The zero-order chi connectivity index (χ0) is 13.3. The molecule has 0 saturated heterocycles. The Morgan fingerprint density at radius 1 is 1.39 bits per heavy atom. The monoisotopic (exact) mass is 328 g/mol. The molecule has 0 saturated carbocycles. The third kappa shape index (κ3) is 2.60. The van der Waals surface area contributed by atoms with E-state index in [2.05, 4.69) is 21.0 Å². The van der Waals surface area contributed by atoms with Crippen LogP contribution in [-0.4, -0.2) is 14.9 Å². The van der Waals surface area contributed by atoms with Gasteiger partial charge < -0.3 is 5.11 Å². The molecule has 18 heavy (non-hydrogen) atoms. The van der Waals surface area contributed by atoms with Gasteiger partial charge in [0.05, 0.1) is 18.8 Å². The minimum absolute atomic E-state index is 0.0196. The molecular formula is C13H14BrClN2O. The van der Waals surface area contributed by atoms with Crippen LogP contribution >= 0.6 is 27.5 Å². The van der Waals surface area contributed by atoms with Gasteiger partial charge in [-0.1, -0.05) is 33.6 Å². The first-order chi connectivity index (χ1) is 8.52. The molecule has 1 aromatic heterocycles. The van der Waals surface area contributed by atoms with Crippen LogP contribution in [0.1, 0.15) is 22.5 Å². The van der Waals surface area contributed by atoms with Gasteiger partial charge in [0.25, 0.3) is 0 Å². The fourth-order valence-electron chi connectivity index (χ4n) is 1.93. The van der Waals surface area contributed by atoms with E-state index in [4.69, 9.17) is 11.6 Å². The van der Waals surface area contributed by atoms with E-state index in [1.807, 2.05) is 36.7 Å². The second-order valence-corrected chi connectivity index (χ2v) is 5.52. The third-order valence-corrected chi connectivity index (χ3v) is 3.87. The zero-order valence-corrected chi connectivity index (χ0v) is 12.6. The molecule has 0 bridgehead atoms. The first-order valence-corrected chi connectivity index (χ1v) is 6.77. The summed E-state index contributed by atoms with van der Waals surface area (Å²) in [4.78, 5) is 0. The molecule has 0 fully saturated rings. The number of nitrogens with zero attached hydrogens (tertiary/aromatic N) is 2. The molecule has 0 amide bonds. The van der Waals surface area contributed by atoms with E-state index in [0.717, 1.165) is 27.0 Å². The maximum Gasteiger partial charge on any atom is 0.0718 e. The quantitative estimate of drug-likeness (QED) is 0.936. The Hall–Kier alpha value is -0.840. The van der Waals surface area contributed by atoms with Crippen LogP contribution in [0.4, 0.5) is 0 Å². The number of aromatic nitrogens is 2. The van der Waals surface area contributed by atoms with Crippen LogP contribution in [0.5, 0.6) is 0 Å². The van der Waals surface area contributed by atoms with Crippen molar-refractivity contribution in [1.29, 1.82) is 0 Å². The van der Waals surface area contributed by atoms with Gasteiger partial charge in [-0.2, -0.15) is 5.10 Å². The van der Waals surface area contributed by atoms with E-state index in [9.17, 15) is 5.11 Å². The summed E-state index contributed by atoms with van der Waals surface area (Å²) in [6.45, 7) is 4.49. The summed E-state index contributed by atoms with van der Waals surface area (Å²) in [6.07, 6.45) is 0. The third-order valence-electron chi connectivity index (χ3n) is 3.02. The zero-order valence-electron chi connectivity index (χ0n) is 10.2. The van der Waals surface area contributed by atoms with E-state index < -0.39 is 0 Å². The Kier molecular flexibility index (Phi) is 4.10. The Balaban J connectivity index is 2.34. The van der Waals surface area contributed by atoms with Gasteiger partial charge in [-0.3, -0.25) is 4.68 Å². The van der Waals surface area contributed by atoms with Gasteiger partial charge in [-0.25, -0.2) is 0 Å². The van der Waals surface area contributed by atoms with Crippen molar-refractivity contribution in [3.8, 4) is 0 Å². The fourth-order valence-corrected chi connectivity index (χ4v) is 2.66. The summed E-state index contributed by atoms with van der Waals surface area (Å²) >= 11 is 9.57. The number of aryl methyl sites for hydroxylation is 1. The molecule has 5 heteroatoms. The minimum Gasteiger partial charge on any atom is -0.392 e. The Labute approximate surface area is 120 Å². The number of benzene rings is 1. The smallest absolute Gasteiger partial charge is 0.0718 e. The maximum absolute atomic E-state index is 9.28. The van der Waals surface area contributed by atoms with E-state index in [-0.39, 0.29) is 6.61 Å². The molecule has 1 heterocycles. The summed E-state index contributed by atoms with van der Waals surface area (Å²) in [7, 11) is 0. The van der Waals surface area contributed by atoms with Gasteiger partial charge in [0.2, 0.25) is 0 Å². The Bertz CT molecular complexity index is 581. The van der Waals surface area contributed by atoms with Crippen molar-refractivity contribution in [2.75, 3.05) is 0 Å². The molecule has 2 rings (SSSR count). The summed E-state index contributed by atoms with van der Waals surface area (Å²) in [5.41, 5.74) is 3.75. The van der Waals surface area contributed by atoms with Crippen LogP contribution in [0.2, 0.25) is 5.02 Å². The highest BCUT2D eigenvalue weighted by Crippen LogP contribution is 2.23. The molecule has 1 aromatic carbocycles. The standard InChI is InChI=1S/C13H14BrClN2O/c1-8-12(7-18)9(2)17(16-8)6-10-3-4-11(14)5-13(10)15/h3-5,18H,6-7H2,1-2H3. The lowest BCUT2D eigenvalue weighted by molar-refractivity contribution is 0.280. The van der Waals surface area contributed by atoms with Crippen LogP contribution in [-0.2, 0) is 13.2 Å². The Morgan fingerprint density at radius 2 is 2.11 bits per heavy atom. The van der Waals surface area contributed by atoms with E-state index in [1.54, 1.807) is 0 Å². The SMILES string of the molecule is Cc1nn(Cc2ccc(Br)cc2Cl)c(C)c1CO. The van der Waals surface area contributed by atoms with Gasteiger partial charge in [-0.15, -0.1) is 0 Å². The second-order valence-electron chi connectivity index (χ2n) is 4.20. The van der Waals surface area contributed by atoms with Crippen LogP contribution < -0.4 is 0 Å². The highest BCUT2D eigenvalue weighted by atomic mass is 79.9. The number of hydrogen-bond acceptors (Lipinski definition) is 2. The highest BCUT2D eigenvalue weighted by molar-refractivity contribution is 9.10. The number of aliphatic hydroxyl groups excluding tert-OH is 1. The van der Waals surface area contributed by atoms with Gasteiger partial charge in [0.15, 0.2) is 0 Å². The number of hydrogen-bond donors (Lipinski definition) is 1. The molecule has 0 atom stereocenters. The maximum atomic E-state index is 9.28. The topological polar surface area (TPSA) is 38.0 Å². The summed E-state index contributed by atoms with van der Waals surface area (Å²) in [6, 6.07) is 5.80. The molecular weight excluding hydrogens is 316 g/mol. The molecule has 96 valence electrons. The summed E-state index contributed by atoms with van der Waals surface area (Å²) < 4.78 is 2.83. The molecule has 2 aromatic rings. The lowest BCUT2D eigenvalue weighted by Crippen LogP contribution is -2.05. The van der Waals surface area contributed by atoms with Crippen LogP contribution in [0.15, 0.2) is 22.7 Å². The highest BCUT2D eigenvalue weighted by Gasteiger charge is 2.11. The number of rotatable bonds is 3. The first kappa shape index (κ1) is 13.6. The molecule has 0 spiro atoms. The van der Waals surface area contributed by atoms with Gasteiger partial charge in [0.1, 0.15) is 0 Å². The largest absolute Gasteiger partial charge is 0.392 e. The molecule has 1 N–H and O–H groups in total. The number of halogens is 2. The predicted octanol–water partition coefficient (Wildman–Crippen LogP) is 3.46. The van der Waals surface area contributed by atoms with Crippen molar-refractivity contribution < 1.29 is 5.11 Å². The first-order valence-electron chi connectivity index (χ1n) is 5.60. The van der Waals surface area contributed by atoms with Crippen LogP contribution in [0.25, 0.3) is 0 Å². The van der Waals surface area contributed by atoms with Crippen molar-refractivity contribution in [3.63, 3.8) is 0 Å². The van der Waals surface area contributed by atoms with Crippen molar-refractivity contribution in [1.82, 2.24) is 9.78 Å². The minimum atomic E-state index is 0.0196. The lowest BCUT2D eigenvalue weighted by atomic mass is 10.2. The van der Waals surface area contributed by atoms with Gasteiger partial charge in [0, 0.05) is 20.8 Å². The molecule has 0 aliphatic carbocycles. The molecule has 0 radical (unpaired) electrons. The van der Waals surface area contributed by atoms with Gasteiger partial charge >= 0.3 is 0 Å². The fraction of sp³-hybridized carbons (Fsp3) is 0.308. The van der Waals surface area contributed by atoms with E-state index in [1.165, 1.54) is 0 Å². The van der Waals surface area contributed by atoms with Gasteiger partial charge in [-0.05, 0) is 31.5 Å². The molecule has 0 aliphatic heterocycles. The lowest BCUT2D eigenvalue weighted by Gasteiger charge is -2.07. The van der Waals surface area contributed by atoms with Crippen molar-refractivity contribution >= 4 is 27.5 Å². The van der Waals surface area contributed by atoms with Crippen molar-refractivity contribution in [2.45, 2.75) is 27.0 Å². The second kappa shape index (κ2) is 5.43. The van der Waals surface area contributed by atoms with E-state index in [0.29, 0.717) is 11.6 Å². The van der Waals surface area contributed by atoms with Crippen LogP contribution in [0, 0.1) is 13.8 Å². The number of aliphatic hydroxyl groups is 1. The van der Waals surface area contributed by atoms with Crippen molar-refractivity contribution in [3.05, 3.63) is 50.2 Å². The predicted molar refractivity (Wildman–Crippen MR) is 75.9 cm³/mol. The van der Waals surface area contributed by atoms with Crippen LogP contribution in [0.3, 0.4) is 0 Å². The van der Waals surface area contributed by atoms with Crippen molar-refractivity contribution in [2.24, 2.45) is 0 Å². The Morgan fingerprint density at radius 3 is 2.67 bits per heavy atom. The normalized spacial score (nSPS) is 10.9. The summed E-state index contributed by atoms with van der Waals surface area (Å²) in [5.74, 6) is 0. The average Bonchev–Trinajstić information content (AvgIpc) is 2.58. The summed E-state index contributed by atoms with van der Waals surface area (Å²) in [5, 5.41) is 14.4. The average molecular weight is 330 g/mol. The molecule has 0 unspecified atom stereocenters. The van der Waals surface area contributed by atoms with E-state index >= 15 is 0 Å². The molecule has 0 aliphatic rings.